The molecular formula is C19H17ClN2O2S. The van der Waals surface area contributed by atoms with Gasteiger partial charge in [-0.25, -0.2) is 0 Å². The lowest BCUT2D eigenvalue weighted by Gasteiger charge is -2.32. The van der Waals surface area contributed by atoms with Crippen molar-refractivity contribution in [2.75, 3.05) is 16.1 Å². The highest BCUT2D eigenvalue weighted by atomic mass is 35.5. The number of benzene rings is 1. The van der Waals surface area contributed by atoms with Crippen molar-refractivity contribution >= 4 is 46.0 Å². The van der Waals surface area contributed by atoms with E-state index in [1.165, 1.54) is 0 Å². The zero-order chi connectivity index (χ0) is 17.4. The fourth-order valence-corrected chi connectivity index (χ4v) is 4.54. The number of allylic oxidation sites excluding steroid dienone is 1. The summed E-state index contributed by atoms with van der Waals surface area (Å²) in [6.07, 6.45) is 2.15. The Bertz CT molecular complexity index is 860. The molecule has 1 aromatic carbocycles. The van der Waals surface area contributed by atoms with Crippen molar-refractivity contribution in [2.24, 2.45) is 0 Å². The number of para-hydroxylation sites is 2. The van der Waals surface area contributed by atoms with E-state index in [2.05, 4.69) is 5.32 Å². The van der Waals surface area contributed by atoms with Crippen LogP contribution in [0.3, 0.4) is 0 Å². The molecule has 1 atom stereocenters. The molecule has 1 amide bonds. The summed E-state index contributed by atoms with van der Waals surface area (Å²) in [6.45, 7) is 0. The largest absolute Gasteiger partial charge is 0.357 e. The molecule has 1 aliphatic heterocycles. The van der Waals surface area contributed by atoms with Gasteiger partial charge in [0.05, 0.1) is 11.4 Å². The summed E-state index contributed by atoms with van der Waals surface area (Å²) in [5.74, 6) is -0.235. The highest BCUT2D eigenvalue weighted by molar-refractivity contribution is 7.10. The summed E-state index contributed by atoms with van der Waals surface area (Å²) in [4.78, 5) is 28.3. The van der Waals surface area contributed by atoms with Crippen LogP contribution in [0.25, 0.3) is 0 Å². The van der Waals surface area contributed by atoms with Gasteiger partial charge < -0.3 is 5.32 Å². The summed E-state index contributed by atoms with van der Waals surface area (Å²) in [5.41, 5.74) is 3.21. The van der Waals surface area contributed by atoms with E-state index in [0.717, 1.165) is 34.8 Å². The number of nitrogens with zero attached hydrogens (tertiary/aromatic N) is 1. The Morgan fingerprint density at radius 2 is 2.08 bits per heavy atom. The average Bonchev–Trinajstić information content (AvgIpc) is 3.10. The standard InChI is InChI=1S/C19H17ClN2O2S/c20-11-17(24)22-14-7-2-1-5-12(14)21-13-6-3-8-15(23)18(13)19(22)16-9-4-10-25-16/h1-2,4-5,7,9-10,19,21H,3,6,8,11H2/t19-/m1/s1. The van der Waals surface area contributed by atoms with E-state index >= 15 is 0 Å². The van der Waals surface area contributed by atoms with Crippen LogP contribution in [0.4, 0.5) is 11.4 Å². The number of hydrogen-bond acceptors (Lipinski definition) is 4. The van der Waals surface area contributed by atoms with Gasteiger partial charge in [0.2, 0.25) is 5.91 Å². The summed E-state index contributed by atoms with van der Waals surface area (Å²) in [7, 11) is 0. The maximum absolute atomic E-state index is 12.8. The molecular weight excluding hydrogens is 356 g/mol. The van der Waals surface area contributed by atoms with E-state index in [0.29, 0.717) is 12.0 Å². The Labute approximate surface area is 155 Å². The summed E-state index contributed by atoms with van der Waals surface area (Å²) in [5, 5.41) is 5.39. The van der Waals surface area contributed by atoms with E-state index in [1.54, 1.807) is 16.2 Å². The zero-order valence-corrected chi connectivity index (χ0v) is 15.1. The van der Waals surface area contributed by atoms with Crippen LogP contribution in [0.1, 0.15) is 30.2 Å². The second kappa shape index (κ2) is 6.65. The molecule has 2 aliphatic rings. The third-order valence-electron chi connectivity index (χ3n) is 4.63. The smallest absolute Gasteiger partial charge is 0.242 e. The first-order chi connectivity index (χ1) is 12.2. The fourth-order valence-electron chi connectivity index (χ4n) is 3.59. The minimum absolute atomic E-state index is 0.104. The van der Waals surface area contributed by atoms with Crippen LogP contribution in [-0.4, -0.2) is 17.6 Å². The number of anilines is 2. The van der Waals surface area contributed by atoms with Gasteiger partial charge in [-0.1, -0.05) is 18.2 Å². The van der Waals surface area contributed by atoms with Crippen LogP contribution < -0.4 is 10.2 Å². The van der Waals surface area contributed by atoms with Crippen LogP contribution in [-0.2, 0) is 9.59 Å². The van der Waals surface area contributed by atoms with E-state index < -0.39 is 6.04 Å². The van der Waals surface area contributed by atoms with Crippen LogP contribution in [0.5, 0.6) is 0 Å². The Balaban J connectivity index is 1.99. The summed E-state index contributed by atoms with van der Waals surface area (Å²) < 4.78 is 0. The van der Waals surface area contributed by atoms with Crippen LogP contribution >= 0.6 is 22.9 Å². The third kappa shape index (κ3) is 2.77. The van der Waals surface area contributed by atoms with Gasteiger partial charge in [0, 0.05) is 22.6 Å². The van der Waals surface area contributed by atoms with Crippen molar-refractivity contribution in [1.82, 2.24) is 0 Å². The van der Waals surface area contributed by atoms with E-state index in [4.69, 9.17) is 11.6 Å². The minimum atomic E-state index is -0.426. The Kier molecular flexibility index (Phi) is 4.36. The van der Waals surface area contributed by atoms with Gasteiger partial charge in [-0.3, -0.25) is 14.5 Å². The molecule has 0 saturated carbocycles. The summed E-state index contributed by atoms with van der Waals surface area (Å²) >= 11 is 7.49. The topological polar surface area (TPSA) is 49.4 Å². The van der Waals surface area contributed by atoms with Crippen molar-refractivity contribution in [2.45, 2.75) is 25.3 Å². The number of halogens is 1. The lowest BCUT2D eigenvalue weighted by Crippen LogP contribution is -2.38. The van der Waals surface area contributed by atoms with Gasteiger partial charge in [0.15, 0.2) is 5.78 Å². The monoisotopic (exact) mass is 372 g/mol. The highest BCUT2D eigenvalue weighted by Crippen LogP contribution is 2.45. The minimum Gasteiger partial charge on any atom is -0.357 e. The molecule has 1 aliphatic carbocycles. The van der Waals surface area contributed by atoms with Crippen LogP contribution in [0.2, 0.25) is 0 Å². The molecule has 0 fully saturated rings. The second-order valence-corrected chi connectivity index (χ2v) is 7.37. The average molecular weight is 373 g/mol. The molecule has 6 heteroatoms. The number of fused-ring (bicyclic) bond motifs is 1. The fraction of sp³-hybridized carbons (Fsp3) is 0.263. The molecule has 4 nitrogen and oxygen atoms in total. The first kappa shape index (κ1) is 16.4. The zero-order valence-electron chi connectivity index (χ0n) is 13.5. The molecule has 0 spiro atoms. The van der Waals surface area contributed by atoms with E-state index in [-0.39, 0.29) is 17.6 Å². The second-order valence-electron chi connectivity index (χ2n) is 6.13. The van der Waals surface area contributed by atoms with Gasteiger partial charge in [-0.15, -0.1) is 22.9 Å². The quantitative estimate of drug-likeness (QED) is 0.790. The van der Waals surface area contributed by atoms with Crippen molar-refractivity contribution in [3.8, 4) is 0 Å². The first-order valence-corrected chi connectivity index (χ1v) is 9.66. The normalized spacial score (nSPS) is 19.8. The molecule has 128 valence electrons. The number of amides is 1. The predicted molar refractivity (Wildman–Crippen MR) is 101 cm³/mol. The first-order valence-electron chi connectivity index (χ1n) is 8.24. The Morgan fingerprint density at radius 3 is 2.84 bits per heavy atom. The number of thiophene rings is 1. The third-order valence-corrected chi connectivity index (χ3v) is 5.79. The molecule has 4 rings (SSSR count). The molecule has 2 aromatic rings. The number of alkyl halides is 1. The van der Waals surface area contributed by atoms with Crippen molar-refractivity contribution in [3.63, 3.8) is 0 Å². The van der Waals surface area contributed by atoms with Gasteiger partial charge in [0.25, 0.3) is 0 Å². The van der Waals surface area contributed by atoms with Crippen molar-refractivity contribution < 1.29 is 9.59 Å². The number of carbonyl (C=O) groups excluding carboxylic acids is 2. The van der Waals surface area contributed by atoms with Gasteiger partial charge in [-0.2, -0.15) is 0 Å². The lowest BCUT2D eigenvalue weighted by molar-refractivity contribution is -0.117. The molecule has 0 bridgehead atoms. The Morgan fingerprint density at radius 1 is 1.24 bits per heavy atom. The van der Waals surface area contributed by atoms with Crippen molar-refractivity contribution in [1.29, 1.82) is 0 Å². The van der Waals surface area contributed by atoms with Crippen molar-refractivity contribution in [3.05, 3.63) is 57.9 Å². The molecule has 0 radical (unpaired) electrons. The summed E-state index contributed by atoms with van der Waals surface area (Å²) in [6, 6.07) is 11.1. The SMILES string of the molecule is O=C1CCCC2=C1[C@@H](c1cccs1)N(C(=O)CCl)c1ccccc1N2. The molecule has 1 N–H and O–H groups in total. The molecule has 0 saturated heterocycles. The molecule has 1 aromatic heterocycles. The number of rotatable bonds is 2. The van der Waals surface area contributed by atoms with E-state index in [1.807, 2.05) is 41.8 Å². The number of ketones is 1. The van der Waals surface area contributed by atoms with Gasteiger partial charge in [0.1, 0.15) is 11.9 Å². The number of hydrogen-bond donors (Lipinski definition) is 1. The highest BCUT2D eigenvalue weighted by Gasteiger charge is 2.39. The van der Waals surface area contributed by atoms with Crippen LogP contribution in [0.15, 0.2) is 53.0 Å². The molecule has 0 unspecified atom stereocenters. The molecule has 25 heavy (non-hydrogen) atoms. The number of carbonyl (C=O) groups is 2. The van der Waals surface area contributed by atoms with Gasteiger partial charge in [-0.05, 0) is 36.4 Å². The predicted octanol–water partition coefficient (Wildman–Crippen LogP) is 4.49. The number of Topliss-reactive ketones (excluding diaryl/α,β-unsaturated/α-hetero) is 1. The van der Waals surface area contributed by atoms with Crippen LogP contribution in [0, 0.1) is 0 Å². The lowest BCUT2D eigenvalue weighted by atomic mass is 9.88. The molecule has 2 heterocycles. The number of nitrogens with one attached hydrogen (secondary N) is 1. The maximum Gasteiger partial charge on any atom is 0.242 e. The van der Waals surface area contributed by atoms with E-state index in [9.17, 15) is 9.59 Å². The van der Waals surface area contributed by atoms with Gasteiger partial charge >= 0.3 is 0 Å². The maximum atomic E-state index is 12.8. The Hall–Kier alpha value is -2.11.